The molecular weight excluding hydrogens is 384 g/mol. The van der Waals surface area contributed by atoms with E-state index in [1.807, 2.05) is 43.5 Å². The van der Waals surface area contributed by atoms with Crippen LogP contribution < -0.4 is 5.73 Å². The molecular formula is C22H30N4O4. The summed E-state index contributed by atoms with van der Waals surface area (Å²) in [5, 5.41) is 12.2. The molecule has 0 aliphatic carbocycles. The Morgan fingerprint density at radius 1 is 1.30 bits per heavy atom. The first-order valence-corrected chi connectivity index (χ1v) is 10.6. The smallest absolute Gasteiger partial charge is 0.201 e. The lowest BCUT2D eigenvalue weighted by Crippen LogP contribution is -2.30. The Labute approximate surface area is 176 Å². The second-order valence-electron chi connectivity index (χ2n) is 9.29. The van der Waals surface area contributed by atoms with Gasteiger partial charge >= 0.3 is 0 Å². The van der Waals surface area contributed by atoms with Crippen molar-refractivity contribution in [2.45, 2.75) is 51.4 Å². The SMILES string of the molecule is CC(C)(C)OC1OC1N1CC[C@H](n2c(O)c(C3=NCCOC3)c3cc(N)ccc32)C1. The summed E-state index contributed by atoms with van der Waals surface area (Å²) < 4.78 is 19.3. The Morgan fingerprint density at radius 2 is 2.13 bits per heavy atom. The monoisotopic (exact) mass is 414 g/mol. The topological polar surface area (TPSA) is 97.8 Å². The molecule has 4 heterocycles. The summed E-state index contributed by atoms with van der Waals surface area (Å²) in [5.41, 5.74) is 9.00. The maximum atomic E-state index is 11.3. The van der Waals surface area contributed by atoms with E-state index in [0.29, 0.717) is 25.4 Å². The molecule has 2 unspecified atom stereocenters. The highest BCUT2D eigenvalue weighted by atomic mass is 16.8. The number of nitrogens with two attached hydrogens (primary N) is 1. The van der Waals surface area contributed by atoms with Crippen molar-refractivity contribution in [1.82, 2.24) is 9.47 Å². The molecule has 1 aromatic heterocycles. The number of fused-ring (bicyclic) bond motifs is 1. The number of aromatic nitrogens is 1. The molecule has 3 atom stereocenters. The number of rotatable bonds is 4. The van der Waals surface area contributed by atoms with E-state index in [2.05, 4.69) is 9.89 Å². The van der Waals surface area contributed by atoms with Gasteiger partial charge in [0.15, 0.2) is 12.5 Å². The molecule has 2 saturated heterocycles. The van der Waals surface area contributed by atoms with Gasteiger partial charge < -0.3 is 29.6 Å². The lowest BCUT2D eigenvalue weighted by Gasteiger charge is -2.19. The van der Waals surface area contributed by atoms with Crippen LogP contribution in [0.4, 0.5) is 5.69 Å². The first kappa shape index (κ1) is 19.8. The van der Waals surface area contributed by atoms with Crippen molar-refractivity contribution < 1.29 is 19.3 Å². The zero-order valence-corrected chi connectivity index (χ0v) is 17.8. The van der Waals surface area contributed by atoms with Gasteiger partial charge in [-0.25, -0.2) is 0 Å². The molecule has 0 radical (unpaired) electrons. The molecule has 3 aliphatic rings. The van der Waals surface area contributed by atoms with Crippen molar-refractivity contribution in [1.29, 1.82) is 0 Å². The number of anilines is 1. The molecule has 162 valence electrons. The van der Waals surface area contributed by atoms with Gasteiger partial charge in [0.25, 0.3) is 0 Å². The Hall–Kier alpha value is -2.13. The summed E-state index contributed by atoms with van der Waals surface area (Å²) in [5.74, 6) is 0.242. The summed E-state index contributed by atoms with van der Waals surface area (Å²) in [6.45, 7) is 9.41. The molecule has 0 spiro atoms. The molecule has 1 aromatic carbocycles. The van der Waals surface area contributed by atoms with Gasteiger partial charge in [-0.05, 0) is 45.4 Å². The number of aliphatic imine (C=N–C) groups is 1. The number of likely N-dealkylation sites (tertiary alicyclic amines) is 1. The minimum Gasteiger partial charge on any atom is -0.494 e. The van der Waals surface area contributed by atoms with Crippen molar-refractivity contribution in [2.75, 3.05) is 38.6 Å². The highest BCUT2D eigenvalue weighted by molar-refractivity contribution is 6.14. The van der Waals surface area contributed by atoms with Gasteiger partial charge in [0.2, 0.25) is 5.88 Å². The molecule has 2 aromatic rings. The van der Waals surface area contributed by atoms with Crippen LogP contribution in [0.2, 0.25) is 0 Å². The van der Waals surface area contributed by atoms with Crippen LogP contribution in [-0.2, 0) is 14.2 Å². The molecule has 30 heavy (non-hydrogen) atoms. The maximum absolute atomic E-state index is 11.3. The van der Waals surface area contributed by atoms with Gasteiger partial charge in [0.05, 0.1) is 48.2 Å². The lowest BCUT2D eigenvalue weighted by atomic mass is 10.1. The van der Waals surface area contributed by atoms with Crippen LogP contribution >= 0.6 is 0 Å². The van der Waals surface area contributed by atoms with Crippen LogP contribution in [0.1, 0.15) is 38.8 Å². The predicted molar refractivity (Wildman–Crippen MR) is 115 cm³/mol. The van der Waals surface area contributed by atoms with E-state index in [0.717, 1.165) is 41.7 Å². The first-order valence-electron chi connectivity index (χ1n) is 10.6. The van der Waals surface area contributed by atoms with Gasteiger partial charge in [-0.1, -0.05) is 0 Å². The number of ether oxygens (including phenoxy) is 3. The number of nitrogen functional groups attached to an aromatic ring is 1. The van der Waals surface area contributed by atoms with E-state index in [1.165, 1.54) is 0 Å². The quantitative estimate of drug-likeness (QED) is 0.589. The number of nitrogens with zero attached hydrogens (tertiary/aromatic N) is 3. The average Bonchev–Trinajstić information content (AvgIpc) is 3.15. The van der Waals surface area contributed by atoms with Crippen molar-refractivity contribution in [2.24, 2.45) is 4.99 Å². The second kappa shape index (κ2) is 7.23. The number of epoxide rings is 1. The number of benzene rings is 1. The Bertz CT molecular complexity index is 993. The zero-order chi connectivity index (χ0) is 21.0. The van der Waals surface area contributed by atoms with Crippen LogP contribution in [0.25, 0.3) is 10.9 Å². The van der Waals surface area contributed by atoms with Gasteiger partial charge in [0.1, 0.15) is 0 Å². The van der Waals surface area contributed by atoms with Crippen LogP contribution in [0, 0.1) is 0 Å². The largest absolute Gasteiger partial charge is 0.494 e. The number of hydrogen-bond donors (Lipinski definition) is 2. The van der Waals surface area contributed by atoms with Crippen molar-refractivity contribution in [3.05, 3.63) is 23.8 Å². The fourth-order valence-electron chi connectivity index (χ4n) is 4.58. The van der Waals surface area contributed by atoms with E-state index in [-0.39, 0.29) is 30.0 Å². The minimum atomic E-state index is -0.231. The third kappa shape index (κ3) is 3.58. The highest BCUT2D eigenvalue weighted by Gasteiger charge is 2.49. The lowest BCUT2D eigenvalue weighted by molar-refractivity contribution is -0.0576. The molecule has 0 saturated carbocycles. The summed E-state index contributed by atoms with van der Waals surface area (Å²) in [4.78, 5) is 6.90. The first-order chi connectivity index (χ1) is 14.3. The Morgan fingerprint density at radius 3 is 2.87 bits per heavy atom. The molecule has 3 N–H and O–H groups in total. The third-order valence-electron chi connectivity index (χ3n) is 5.89. The molecule has 0 bridgehead atoms. The molecule has 5 rings (SSSR count). The minimum absolute atomic E-state index is 0.00979. The van der Waals surface area contributed by atoms with Crippen LogP contribution in [-0.4, -0.2) is 71.3 Å². The van der Waals surface area contributed by atoms with Crippen molar-refractivity contribution >= 4 is 22.3 Å². The number of aromatic hydroxyl groups is 1. The van der Waals surface area contributed by atoms with Gasteiger partial charge in [-0.2, -0.15) is 0 Å². The second-order valence-corrected chi connectivity index (χ2v) is 9.29. The predicted octanol–water partition coefficient (Wildman–Crippen LogP) is 2.49. The fourth-order valence-corrected chi connectivity index (χ4v) is 4.58. The van der Waals surface area contributed by atoms with Crippen LogP contribution in [0.5, 0.6) is 5.88 Å². The van der Waals surface area contributed by atoms with Gasteiger partial charge in [0, 0.05) is 24.2 Å². The van der Waals surface area contributed by atoms with Gasteiger partial charge in [-0.3, -0.25) is 9.89 Å². The molecule has 2 fully saturated rings. The summed E-state index contributed by atoms with van der Waals surface area (Å²) in [7, 11) is 0. The van der Waals surface area contributed by atoms with E-state index in [9.17, 15) is 5.11 Å². The summed E-state index contributed by atoms with van der Waals surface area (Å²) in [6.07, 6.45) is 0.735. The Balaban J connectivity index is 1.44. The molecule has 8 heteroatoms. The standard InChI is InChI=1S/C22H30N4O4/c1-22(2,3)30-21-20(29-21)25-8-6-14(11-25)26-17-5-4-13(23)10-15(17)18(19(26)27)16-12-28-9-7-24-16/h4-5,10,14,20-21,27H,6-9,11-12,23H2,1-3H3/t14-,20?,21?/m0/s1. The Kier molecular flexibility index (Phi) is 4.77. The van der Waals surface area contributed by atoms with Crippen molar-refractivity contribution in [3.63, 3.8) is 0 Å². The van der Waals surface area contributed by atoms with E-state index >= 15 is 0 Å². The van der Waals surface area contributed by atoms with Crippen LogP contribution in [0.15, 0.2) is 23.2 Å². The van der Waals surface area contributed by atoms with Crippen molar-refractivity contribution in [3.8, 4) is 5.88 Å². The fraction of sp³-hybridized carbons (Fsp3) is 0.591. The molecule has 0 amide bonds. The summed E-state index contributed by atoms with van der Waals surface area (Å²) in [6, 6.07) is 5.92. The van der Waals surface area contributed by atoms with Gasteiger partial charge in [-0.15, -0.1) is 0 Å². The van der Waals surface area contributed by atoms with Crippen LogP contribution in [0.3, 0.4) is 0 Å². The molecule has 3 aliphatic heterocycles. The summed E-state index contributed by atoms with van der Waals surface area (Å²) >= 11 is 0. The normalized spacial score (nSPS) is 27.6. The number of hydrogen-bond acceptors (Lipinski definition) is 7. The van der Waals surface area contributed by atoms with E-state index < -0.39 is 0 Å². The maximum Gasteiger partial charge on any atom is 0.201 e. The third-order valence-corrected chi connectivity index (χ3v) is 5.89. The van der Waals surface area contributed by atoms with E-state index in [1.54, 1.807) is 0 Å². The molecule has 8 nitrogen and oxygen atoms in total. The average molecular weight is 415 g/mol. The zero-order valence-electron chi connectivity index (χ0n) is 17.8. The van der Waals surface area contributed by atoms with E-state index in [4.69, 9.17) is 19.9 Å². The highest BCUT2D eigenvalue weighted by Crippen LogP contribution is 2.41.